The van der Waals surface area contributed by atoms with Crippen LogP contribution < -0.4 is 0 Å². The summed E-state index contributed by atoms with van der Waals surface area (Å²) in [7, 11) is 0. The van der Waals surface area contributed by atoms with Crippen LogP contribution in [0.15, 0.2) is 5.16 Å². The number of nitrogens with zero attached hydrogens (tertiary/aromatic N) is 1. The maximum Gasteiger partial charge on any atom is 0.144 e. The predicted octanol–water partition coefficient (Wildman–Crippen LogP) is 4.09. The molecule has 1 aliphatic carbocycles. The average Bonchev–Trinajstić information content (AvgIpc) is 2.47. The molecule has 0 amide bonds. The van der Waals surface area contributed by atoms with Gasteiger partial charge in [0.15, 0.2) is 0 Å². The van der Waals surface area contributed by atoms with Gasteiger partial charge < -0.3 is 4.84 Å². The van der Waals surface area contributed by atoms with Gasteiger partial charge in [0.05, 0.1) is 0 Å². The second kappa shape index (κ2) is 3.76. The standard InChI is InChI=1S/C12H20BrNO/c1-11(2,3)9-4-6-12(7-5-9)8-10(13)14-15-12/h9H,4-8H2,1-3H3. The van der Waals surface area contributed by atoms with Crippen LogP contribution in [-0.2, 0) is 4.84 Å². The maximum atomic E-state index is 5.60. The molecular formula is C12H20BrNO. The minimum atomic E-state index is 0.0422. The van der Waals surface area contributed by atoms with E-state index in [-0.39, 0.29) is 5.60 Å². The van der Waals surface area contributed by atoms with E-state index in [4.69, 9.17) is 4.84 Å². The van der Waals surface area contributed by atoms with Crippen molar-refractivity contribution in [3.8, 4) is 0 Å². The van der Waals surface area contributed by atoms with Crippen LogP contribution in [0, 0.1) is 11.3 Å². The lowest BCUT2D eigenvalue weighted by Gasteiger charge is -2.40. The van der Waals surface area contributed by atoms with Crippen molar-refractivity contribution in [2.75, 3.05) is 0 Å². The van der Waals surface area contributed by atoms with Gasteiger partial charge in [-0.2, -0.15) is 0 Å². The minimum absolute atomic E-state index is 0.0422. The molecule has 1 aliphatic heterocycles. The molecule has 0 saturated heterocycles. The summed E-state index contributed by atoms with van der Waals surface area (Å²) in [5, 5.41) is 4.03. The van der Waals surface area contributed by atoms with Crippen LogP contribution >= 0.6 is 15.9 Å². The highest BCUT2D eigenvalue weighted by molar-refractivity contribution is 9.18. The Bertz CT molecular complexity index is 272. The van der Waals surface area contributed by atoms with E-state index in [1.807, 2.05) is 0 Å². The molecule has 86 valence electrons. The first kappa shape index (κ1) is 11.4. The molecule has 3 heteroatoms. The van der Waals surface area contributed by atoms with Gasteiger partial charge in [-0.1, -0.05) is 25.9 Å². The van der Waals surface area contributed by atoms with Crippen LogP contribution in [0.25, 0.3) is 0 Å². The third-order valence-electron chi connectivity index (χ3n) is 3.93. The van der Waals surface area contributed by atoms with Crippen molar-refractivity contribution in [2.24, 2.45) is 16.5 Å². The van der Waals surface area contributed by atoms with Crippen molar-refractivity contribution in [1.29, 1.82) is 0 Å². The molecule has 0 aromatic rings. The Kier molecular flexibility index (Phi) is 2.87. The summed E-state index contributed by atoms with van der Waals surface area (Å²) in [5.41, 5.74) is 0.485. The largest absolute Gasteiger partial charge is 0.388 e. The normalized spacial score (nSPS) is 36.5. The van der Waals surface area contributed by atoms with E-state index in [0.29, 0.717) is 5.41 Å². The topological polar surface area (TPSA) is 21.6 Å². The van der Waals surface area contributed by atoms with Crippen molar-refractivity contribution in [1.82, 2.24) is 0 Å². The van der Waals surface area contributed by atoms with Gasteiger partial charge in [0.25, 0.3) is 0 Å². The quantitative estimate of drug-likeness (QED) is 0.652. The zero-order chi connectivity index (χ0) is 11.1. The van der Waals surface area contributed by atoms with Crippen LogP contribution in [0.5, 0.6) is 0 Å². The van der Waals surface area contributed by atoms with E-state index < -0.39 is 0 Å². The Morgan fingerprint density at radius 1 is 1.33 bits per heavy atom. The molecule has 2 rings (SSSR count). The number of hydrogen-bond acceptors (Lipinski definition) is 2. The molecule has 1 saturated carbocycles. The Hall–Kier alpha value is -0.0500. The Morgan fingerprint density at radius 3 is 2.33 bits per heavy atom. The van der Waals surface area contributed by atoms with Gasteiger partial charge in [-0.3, -0.25) is 0 Å². The van der Waals surface area contributed by atoms with E-state index in [0.717, 1.165) is 29.8 Å². The Labute approximate surface area is 101 Å². The summed E-state index contributed by atoms with van der Waals surface area (Å²) in [6.45, 7) is 7.03. The molecule has 1 spiro atoms. The molecule has 15 heavy (non-hydrogen) atoms. The fourth-order valence-corrected chi connectivity index (χ4v) is 3.34. The van der Waals surface area contributed by atoms with Crippen molar-refractivity contribution >= 4 is 20.6 Å². The van der Waals surface area contributed by atoms with Crippen LogP contribution in [0.2, 0.25) is 0 Å². The third kappa shape index (κ3) is 2.38. The van der Waals surface area contributed by atoms with Crippen LogP contribution in [0.1, 0.15) is 52.9 Å². The molecule has 0 N–H and O–H groups in total. The first-order valence-electron chi connectivity index (χ1n) is 5.82. The monoisotopic (exact) mass is 273 g/mol. The molecular weight excluding hydrogens is 254 g/mol. The van der Waals surface area contributed by atoms with Crippen LogP contribution in [-0.4, -0.2) is 10.2 Å². The number of oxime groups is 1. The van der Waals surface area contributed by atoms with Gasteiger partial charge in [0.2, 0.25) is 0 Å². The molecule has 0 aromatic carbocycles. The lowest BCUT2D eigenvalue weighted by atomic mass is 9.68. The fraction of sp³-hybridized carbons (Fsp3) is 0.917. The number of halogens is 1. The molecule has 1 fully saturated rings. The van der Waals surface area contributed by atoms with Gasteiger partial charge >= 0.3 is 0 Å². The summed E-state index contributed by atoms with van der Waals surface area (Å²) in [4.78, 5) is 5.60. The van der Waals surface area contributed by atoms with Crippen molar-refractivity contribution in [3.05, 3.63) is 0 Å². The lowest BCUT2D eigenvalue weighted by Crippen LogP contribution is -2.37. The van der Waals surface area contributed by atoms with Gasteiger partial charge in [-0.25, -0.2) is 0 Å². The fourth-order valence-electron chi connectivity index (χ4n) is 2.75. The summed E-state index contributed by atoms with van der Waals surface area (Å²) in [6.07, 6.45) is 5.85. The summed E-state index contributed by atoms with van der Waals surface area (Å²) in [6, 6.07) is 0. The number of hydrogen-bond donors (Lipinski definition) is 0. The Balaban J connectivity index is 1.93. The van der Waals surface area contributed by atoms with E-state index >= 15 is 0 Å². The van der Waals surface area contributed by atoms with Gasteiger partial charge in [-0.15, -0.1) is 0 Å². The van der Waals surface area contributed by atoms with Gasteiger partial charge in [0.1, 0.15) is 10.2 Å². The molecule has 0 bridgehead atoms. The highest BCUT2D eigenvalue weighted by Crippen LogP contribution is 2.46. The molecule has 2 nitrogen and oxygen atoms in total. The molecule has 0 atom stereocenters. The molecule has 2 aliphatic rings. The smallest absolute Gasteiger partial charge is 0.144 e. The average molecular weight is 274 g/mol. The minimum Gasteiger partial charge on any atom is -0.388 e. The van der Waals surface area contributed by atoms with Crippen LogP contribution in [0.4, 0.5) is 0 Å². The number of rotatable bonds is 0. The molecule has 1 heterocycles. The SMILES string of the molecule is CC(C)(C)C1CCC2(CC1)CC(Br)=NO2. The van der Waals surface area contributed by atoms with Crippen molar-refractivity contribution < 1.29 is 4.84 Å². The summed E-state index contributed by atoms with van der Waals surface area (Å²) in [5.74, 6) is 0.839. The van der Waals surface area contributed by atoms with Crippen molar-refractivity contribution in [3.63, 3.8) is 0 Å². The maximum absolute atomic E-state index is 5.60. The highest BCUT2D eigenvalue weighted by Gasteiger charge is 2.43. The molecule has 0 radical (unpaired) electrons. The van der Waals surface area contributed by atoms with Gasteiger partial charge in [-0.05, 0) is 52.9 Å². The Morgan fingerprint density at radius 2 is 1.93 bits per heavy atom. The highest BCUT2D eigenvalue weighted by atomic mass is 79.9. The van der Waals surface area contributed by atoms with Crippen LogP contribution in [0.3, 0.4) is 0 Å². The predicted molar refractivity (Wildman–Crippen MR) is 66.2 cm³/mol. The van der Waals surface area contributed by atoms with Crippen molar-refractivity contribution in [2.45, 2.75) is 58.5 Å². The van der Waals surface area contributed by atoms with E-state index in [1.165, 1.54) is 12.8 Å². The van der Waals surface area contributed by atoms with E-state index in [1.54, 1.807) is 0 Å². The lowest BCUT2D eigenvalue weighted by molar-refractivity contribution is -0.0640. The third-order valence-corrected chi connectivity index (χ3v) is 4.35. The first-order chi connectivity index (χ1) is 6.91. The first-order valence-corrected chi connectivity index (χ1v) is 6.61. The zero-order valence-electron chi connectivity index (χ0n) is 9.85. The summed E-state index contributed by atoms with van der Waals surface area (Å²) < 4.78 is 0.983. The summed E-state index contributed by atoms with van der Waals surface area (Å²) >= 11 is 3.43. The van der Waals surface area contributed by atoms with Gasteiger partial charge in [0, 0.05) is 6.42 Å². The molecule has 0 aromatic heterocycles. The zero-order valence-corrected chi connectivity index (χ0v) is 11.4. The van der Waals surface area contributed by atoms with E-state index in [2.05, 4.69) is 41.9 Å². The second-order valence-electron chi connectivity index (χ2n) is 6.06. The van der Waals surface area contributed by atoms with E-state index in [9.17, 15) is 0 Å². The molecule has 0 unspecified atom stereocenters. The second-order valence-corrected chi connectivity index (χ2v) is 6.97.